The van der Waals surface area contributed by atoms with Crippen molar-refractivity contribution in [1.82, 2.24) is 24.4 Å². The molecule has 0 spiro atoms. The largest absolute Gasteiger partial charge is 0.461 e. The Hall–Kier alpha value is -2.22. The first-order valence-corrected chi connectivity index (χ1v) is 8.67. The van der Waals surface area contributed by atoms with Crippen LogP contribution in [0.3, 0.4) is 0 Å². The van der Waals surface area contributed by atoms with Gasteiger partial charge in [-0.1, -0.05) is 5.21 Å². The number of carbonyl (C=O) groups is 1. The monoisotopic (exact) mass is 389 g/mol. The van der Waals surface area contributed by atoms with Crippen LogP contribution in [0.15, 0.2) is 29.1 Å². The van der Waals surface area contributed by atoms with Gasteiger partial charge in [0.2, 0.25) is 0 Å². The van der Waals surface area contributed by atoms with Gasteiger partial charge in [0.1, 0.15) is 0 Å². The van der Waals surface area contributed by atoms with Gasteiger partial charge in [0.15, 0.2) is 11.3 Å². The van der Waals surface area contributed by atoms with Gasteiger partial charge in [-0.25, -0.2) is 14.5 Å². The molecule has 24 heavy (non-hydrogen) atoms. The van der Waals surface area contributed by atoms with Gasteiger partial charge in [0.25, 0.3) is 0 Å². The molecule has 1 fully saturated rings. The molecule has 0 N–H and O–H groups in total. The van der Waals surface area contributed by atoms with Gasteiger partial charge < -0.3 is 9.14 Å². The molecule has 0 atom stereocenters. The number of imidazole rings is 1. The van der Waals surface area contributed by atoms with E-state index in [9.17, 15) is 4.79 Å². The first-order chi connectivity index (χ1) is 11.6. The summed E-state index contributed by atoms with van der Waals surface area (Å²) >= 11 is 3.60. The lowest BCUT2D eigenvalue weighted by molar-refractivity contribution is 0.0519. The summed E-state index contributed by atoms with van der Waals surface area (Å²) in [6, 6.07) is 2.15. The van der Waals surface area contributed by atoms with Gasteiger partial charge in [-0.2, -0.15) is 0 Å². The molecule has 4 rings (SSSR count). The average molecular weight is 390 g/mol. The Morgan fingerprint density at radius 2 is 2.21 bits per heavy atom. The zero-order valence-corrected chi connectivity index (χ0v) is 14.7. The second kappa shape index (κ2) is 6.01. The quantitative estimate of drug-likeness (QED) is 0.627. The van der Waals surface area contributed by atoms with Gasteiger partial charge in [-0.15, -0.1) is 5.10 Å². The second-order valence-electron chi connectivity index (χ2n) is 5.88. The van der Waals surface area contributed by atoms with Crippen LogP contribution in [0, 0.1) is 0 Å². The van der Waals surface area contributed by atoms with Gasteiger partial charge in [0.05, 0.1) is 29.5 Å². The number of ether oxygens (including phenoxy) is 1. The number of rotatable bonds is 5. The Kier molecular flexibility index (Phi) is 3.84. The van der Waals surface area contributed by atoms with Crippen LogP contribution in [0.2, 0.25) is 0 Å². The van der Waals surface area contributed by atoms with Crippen LogP contribution in [0.25, 0.3) is 5.65 Å². The summed E-state index contributed by atoms with van der Waals surface area (Å²) in [5.41, 5.74) is 3.27. The van der Waals surface area contributed by atoms with Gasteiger partial charge in [0, 0.05) is 12.4 Å². The smallest absolute Gasteiger partial charge is 0.360 e. The van der Waals surface area contributed by atoms with E-state index < -0.39 is 5.97 Å². The molecule has 0 amide bonds. The van der Waals surface area contributed by atoms with E-state index in [1.54, 1.807) is 17.8 Å². The number of hydrogen-bond acceptors (Lipinski definition) is 5. The lowest BCUT2D eigenvalue weighted by Crippen LogP contribution is -2.05. The summed E-state index contributed by atoms with van der Waals surface area (Å²) in [6.45, 7) is 2.52. The Bertz CT molecular complexity index is 912. The Morgan fingerprint density at radius 1 is 1.38 bits per heavy atom. The maximum atomic E-state index is 11.6. The number of halogens is 1. The van der Waals surface area contributed by atoms with Gasteiger partial charge in [-0.05, 0) is 53.2 Å². The fourth-order valence-electron chi connectivity index (χ4n) is 2.68. The van der Waals surface area contributed by atoms with Crippen molar-refractivity contribution in [2.24, 2.45) is 0 Å². The number of nitrogens with zero attached hydrogens (tertiary/aromatic N) is 5. The highest BCUT2D eigenvalue weighted by molar-refractivity contribution is 9.10. The van der Waals surface area contributed by atoms with Crippen molar-refractivity contribution in [2.45, 2.75) is 32.2 Å². The molecule has 0 saturated heterocycles. The van der Waals surface area contributed by atoms with Crippen molar-refractivity contribution in [3.63, 3.8) is 0 Å². The molecule has 3 aromatic rings. The number of carbonyl (C=O) groups excluding carboxylic acids is 1. The van der Waals surface area contributed by atoms with E-state index in [2.05, 4.69) is 43.5 Å². The number of fused-ring (bicyclic) bond motifs is 1. The molecule has 3 aromatic heterocycles. The molecular weight excluding hydrogens is 374 g/mol. The van der Waals surface area contributed by atoms with Gasteiger partial charge in [-0.3, -0.25) is 0 Å². The minimum atomic E-state index is -0.462. The van der Waals surface area contributed by atoms with E-state index in [0.717, 1.165) is 15.8 Å². The highest BCUT2D eigenvalue weighted by atomic mass is 79.9. The number of esters is 1. The van der Waals surface area contributed by atoms with E-state index in [4.69, 9.17) is 4.74 Å². The standard InChI is InChI=1S/C16H16BrN5O2/c1-2-24-16(23)14-9-22(20-19-14)8-12-7-21-6-11(10-3-4-10)5-13(17)15(21)18-12/h5-7,9-10H,2-4,8H2,1H3. The molecule has 124 valence electrons. The van der Waals surface area contributed by atoms with Crippen LogP contribution in [0.5, 0.6) is 0 Å². The summed E-state index contributed by atoms with van der Waals surface area (Å²) in [5, 5.41) is 7.81. The SMILES string of the molecule is CCOC(=O)c1cn(Cc2cn3cc(C4CC4)cc(Br)c3n2)nn1. The summed E-state index contributed by atoms with van der Waals surface area (Å²) in [5.74, 6) is 0.217. The molecule has 8 heteroatoms. The molecule has 0 aliphatic heterocycles. The molecule has 0 bridgehead atoms. The summed E-state index contributed by atoms with van der Waals surface area (Å²) in [7, 11) is 0. The van der Waals surface area contributed by atoms with E-state index in [1.807, 2.05) is 10.6 Å². The van der Waals surface area contributed by atoms with Crippen LogP contribution in [0.1, 0.15) is 47.4 Å². The number of aromatic nitrogens is 5. The molecule has 1 aliphatic carbocycles. The second-order valence-corrected chi connectivity index (χ2v) is 6.73. The first kappa shape index (κ1) is 15.3. The maximum Gasteiger partial charge on any atom is 0.360 e. The summed E-state index contributed by atoms with van der Waals surface area (Å²) in [6.07, 6.45) is 8.22. The Morgan fingerprint density at radius 3 is 2.96 bits per heavy atom. The zero-order chi connectivity index (χ0) is 16.7. The first-order valence-electron chi connectivity index (χ1n) is 7.88. The third kappa shape index (κ3) is 2.93. The Balaban J connectivity index is 1.58. The van der Waals surface area contributed by atoms with Crippen molar-refractivity contribution < 1.29 is 9.53 Å². The molecular formula is C16H16BrN5O2. The van der Waals surface area contributed by atoms with Crippen LogP contribution >= 0.6 is 15.9 Å². The molecule has 0 radical (unpaired) electrons. The Labute approximate surface area is 146 Å². The summed E-state index contributed by atoms with van der Waals surface area (Å²) < 4.78 is 9.53. The molecule has 0 unspecified atom stereocenters. The highest BCUT2D eigenvalue weighted by Gasteiger charge is 2.24. The fraction of sp³-hybridized carbons (Fsp3) is 0.375. The summed E-state index contributed by atoms with van der Waals surface area (Å²) in [4.78, 5) is 16.3. The number of hydrogen-bond donors (Lipinski definition) is 0. The van der Waals surface area contributed by atoms with E-state index in [1.165, 1.54) is 18.4 Å². The van der Waals surface area contributed by atoms with Crippen molar-refractivity contribution in [2.75, 3.05) is 6.61 Å². The van der Waals surface area contributed by atoms with E-state index in [-0.39, 0.29) is 5.69 Å². The van der Waals surface area contributed by atoms with Crippen molar-refractivity contribution in [3.8, 4) is 0 Å². The minimum Gasteiger partial charge on any atom is -0.461 e. The van der Waals surface area contributed by atoms with Crippen LogP contribution in [-0.4, -0.2) is 37.0 Å². The zero-order valence-electron chi connectivity index (χ0n) is 13.1. The van der Waals surface area contributed by atoms with Crippen LogP contribution in [-0.2, 0) is 11.3 Å². The lowest BCUT2D eigenvalue weighted by Gasteiger charge is -2.01. The minimum absolute atomic E-state index is 0.206. The predicted molar refractivity (Wildman–Crippen MR) is 89.9 cm³/mol. The van der Waals surface area contributed by atoms with E-state index >= 15 is 0 Å². The third-order valence-electron chi connectivity index (χ3n) is 3.97. The predicted octanol–water partition coefficient (Wildman–Crippen LogP) is 2.79. The maximum absolute atomic E-state index is 11.6. The lowest BCUT2D eigenvalue weighted by atomic mass is 10.2. The molecule has 0 aromatic carbocycles. The van der Waals surface area contributed by atoms with Crippen molar-refractivity contribution in [1.29, 1.82) is 0 Å². The van der Waals surface area contributed by atoms with Crippen LogP contribution in [0.4, 0.5) is 0 Å². The van der Waals surface area contributed by atoms with Crippen molar-refractivity contribution in [3.05, 3.63) is 46.1 Å². The normalized spacial score (nSPS) is 14.2. The molecule has 3 heterocycles. The van der Waals surface area contributed by atoms with Gasteiger partial charge >= 0.3 is 5.97 Å². The van der Waals surface area contributed by atoms with Crippen LogP contribution < -0.4 is 0 Å². The fourth-order valence-corrected chi connectivity index (χ4v) is 3.24. The molecule has 1 saturated carbocycles. The molecule has 1 aliphatic rings. The average Bonchev–Trinajstić information content (AvgIpc) is 3.16. The topological polar surface area (TPSA) is 74.3 Å². The van der Waals surface area contributed by atoms with Crippen molar-refractivity contribution >= 4 is 27.5 Å². The highest BCUT2D eigenvalue weighted by Crippen LogP contribution is 2.41. The molecule has 7 nitrogen and oxygen atoms in total. The van der Waals surface area contributed by atoms with E-state index in [0.29, 0.717) is 19.1 Å². The third-order valence-corrected chi connectivity index (χ3v) is 4.56. The number of pyridine rings is 1.